The van der Waals surface area contributed by atoms with Gasteiger partial charge in [0, 0.05) is 19.1 Å². The summed E-state index contributed by atoms with van der Waals surface area (Å²) in [6.45, 7) is 3.25. The van der Waals surface area contributed by atoms with E-state index in [1.807, 2.05) is 31.5 Å². The van der Waals surface area contributed by atoms with Crippen LogP contribution in [0.15, 0.2) is 17.5 Å². The van der Waals surface area contributed by atoms with Crippen molar-refractivity contribution in [3.05, 3.63) is 22.4 Å². The maximum Gasteiger partial charge on any atom is 0.264 e. The van der Waals surface area contributed by atoms with Gasteiger partial charge >= 0.3 is 0 Å². The Morgan fingerprint density at radius 1 is 1.48 bits per heavy atom. The summed E-state index contributed by atoms with van der Waals surface area (Å²) in [4.78, 5) is 27.3. The second-order valence-corrected chi connectivity index (χ2v) is 6.37. The molecule has 2 unspecified atom stereocenters. The van der Waals surface area contributed by atoms with Gasteiger partial charge in [0.05, 0.1) is 4.88 Å². The number of thiophene rings is 1. The Bertz CT molecular complexity index is 475. The van der Waals surface area contributed by atoms with E-state index in [-0.39, 0.29) is 23.9 Å². The first kappa shape index (κ1) is 16.0. The number of carbonyl (C=O) groups is 2. The molecule has 0 aliphatic carbocycles. The molecular formula is C15H23N3O2S. The Balaban J connectivity index is 2.01. The fraction of sp³-hybridized carbons (Fsp3) is 0.600. The number of nitrogens with one attached hydrogen (secondary N) is 2. The Hall–Kier alpha value is -1.40. The minimum Gasteiger partial charge on any atom is -0.353 e. The number of likely N-dealkylation sites (N-methyl/N-ethyl adjacent to an activating group) is 1. The van der Waals surface area contributed by atoms with Crippen molar-refractivity contribution in [1.82, 2.24) is 15.5 Å². The highest BCUT2D eigenvalue weighted by molar-refractivity contribution is 7.12. The molecule has 0 radical (unpaired) electrons. The lowest BCUT2D eigenvalue weighted by Crippen LogP contribution is -2.53. The van der Waals surface area contributed by atoms with Crippen LogP contribution in [0.4, 0.5) is 0 Å². The molecule has 2 amide bonds. The van der Waals surface area contributed by atoms with Crippen LogP contribution in [-0.2, 0) is 4.79 Å². The standard InChI is InChI=1S/C15H23N3O2S/c1-11(16-2)10-17-14(19)12-6-3-4-8-18(12)15(20)13-7-5-9-21-13/h5,7,9,11-12,16H,3-4,6,8,10H2,1-2H3,(H,17,19). The Morgan fingerprint density at radius 3 is 2.95 bits per heavy atom. The minimum atomic E-state index is -0.336. The summed E-state index contributed by atoms with van der Waals surface area (Å²) in [5.41, 5.74) is 0. The highest BCUT2D eigenvalue weighted by Crippen LogP contribution is 2.21. The van der Waals surface area contributed by atoms with E-state index >= 15 is 0 Å². The molecule has 0 saturated carbocycles. The van der Waals surface area contributed by atoms with Crippen LogP contribution in [0.25, 0.3) is 0 Å². The van der Waals surface area contributed by atoms with E-state index in [0.29, 0.717) is 18.0 Å². The zero-order valence-corrected chi connectivity index (χ0v) is 13.4. The lowest BCUT2D eigenvalue weighted by Gasteiger charge is -2.34. The highest BCUT2D eigenvalue weighted by atomic mass is 32.1. The molecule has 2 rings (SSSR count). The number of hydrogen-bond donors (Lipinski definition) is 2. The number of piperidine rings is 1. The second-order valence-electron chi connectivity index (χ2n) is 5.42. The molecule has 0 bridgehead atoms. The average Bonchev–Trinajstić information content (AvgIpc) is 3.05. The van der Waals surface area contributed by atoms with Crippen molar-refractivity contribution in [2.75, 3.05) is 20.1 Å². The van der Waals surface area contributed by atoms with E-state index in [1.54, 1.807) is 4.90 Å². The van der Waals surface area contributed by atoms with Crippen LogP contribution in [-0.4, -0.2) is 48.9 Å². The van der Waals surface area contributed by atoms with Crippen LogP contribution < -0.4 is 10.6 Å². The Morgan fingerprint density at radius 2 is 2.29 bits per heavy atom. The van der Waals surface area contributed by atoms with Crippen LogP contribution in [0.1, 0.15) is 35.9 Å². The first-order chi connectivity index (χ1) is 10.1. The molecule has 5 nitrogen and oxygen atoms in total. The molecule has 21 heavy (non-hydrogen) atoms. The summed E-state index contributed by atoms with van der Waals surface area (Å²) in [6, 6.07) is 3.57. The van der Waals surface area contributed by atoms with Crippen LogP contribution in [0.2, 0.25) is 0 Å². The molecule has 1 aliphatic heterocycles. The van der Waals surface area contributed by atoms with Crippen molar-refractivity contribution >= 4 is 23.2 Å². The molecule has 1 aliphatic rings. The van der Waals surface area contributed by atoms with Gasteiger partial charge in [0.25, 0.3) is 5.91 Å². The topological polar surface area (TPSA) is 61.4 Å². The smallest absolute Gasteiger partial charge is 0.264 e. The fourth-order valence-corrected chi connectivity index (χ4v) is 3.14. The van der Waals surface area contributed by atoms with Gasteiger partial charge in [-0.05, 0) is 44.7 Å². The van der Waals surface area contributed by atoms with Crippen LogP contribution >= 0.6 is 11.3 Å². The molecule has 2 heterocycles. The molecule has 0 aromatic carbocycles. The van der Waals surface area contributed by atoms with Crippen LogP contribution in [0, 0.1) is 0 Å². The normalized spacial score (nSPS) is 20.1. The summed E-state index contributed by atoms with van der Waals surface area (Å²) in [5.74, 6) is -0.0618. The van der Waals surface area contributed by atoms with Gasteiger partial charge in [0.1, 0.15) is 6.04 Å². The molecule has 1 saturated heterocycles. The largest absolute Gasteiger partial charge is 0.353 e. The number of carbonyl (C=O) groups excluding carboxylic acids is 2. The molecule has 1 aromatic rings. The van der Waals surface area contributed by atoms with Gasteiger partial charge in [-0.25, -0.2) is 0 Å². The van der Waals surface area contributed by atoms with E-state index in [9.17, 15) is 9.59 Å². The molecule has 2 atom stereocenters. The third kappa shape index (κ3) is 4.04. The maximum atomic E-state index is 12.5. The molecule has 0 spiro atoms. The third-order valence-corrected chi connectivity index (χ3v) is 4.73. The lowest BCUT2D eigenvalue weighted by molar-refractivity contribution is -0.126. The predicted molar refractivity (Wildman–Crippen MR) is 84.5 cm³/mol. The van der Waals surface area contributed by atoms with Crippen molar-refractivity contribution < 1.29 is 9.59 Å². The van der Waals surface area contributed by atoms with Gasteiger partial charge in [-0.15, -0.1) is 11.3 Å². The summed E-state index contributed by atoms with van der Waals surface area (Å²) >= 11 is 1.43. The number of likely N-dealkylation sites (tertiary alicyclic amines) is 1. The zero-order chi connectivity index (χ0) is 15.2. The lowest BCUT2D eigenvalue weighted by atomic mass is 10.0. The van der Waals surface area contributed by atoms with Crippen molar-refractivity contribution in [3.63, 3.8) is 0 Å². The van der Waals surface area contributed by atoms with Gasteiger partial charge in [-0.2, -0.15) is 0 Å². The van der Waals surface area contributed by atoms with Crippen LogP contribution in [0.3, 0.4) is 0 Å². The summed E-state index contributed by atoms with van der Waals surface area (Å²) < 4.78 is 0. The number of nitrogens with zero attached hydrogens (tertiary/aromatic N) is 1. The van der Waals surface area contributed by atoms with Crippen molar-refractivity contribution in [2.24, 2.45) is 0 Å². The molecular weight excluding hydrogens is 286 g/mol. The summed E-state index contributed by atoms with van der Waals surface area (Å²) in [5, 5.41) is 7.92. The van der Waals surface area contributed by atoms with Gasteiger partial charge in [0.15, 0.2) is 0 Å². The first-order valence-corrected chi connectivity index (χ1v) is 8.31. The van der Waals surface area contributed by atoms with E-state index in [0.717, 1.165) is 19.3 Å². The molecule has 1 aromatic heterocycles. The van der Waals surface area contributed by atoms with E-state index in [4.69, 9.17) is 0 Å². The average molecular weight is 309 g/mol. The SMILES string of the molecule is CNC(C)CNC(=O)C1CCCCN1C(=O)c1cccs1. The van der Waals surface area contributed by atoms with Gasteiger partial charge in [-0.1, -0.05) is 6.07 Å². The Labute approximate surface area is 129 Å². The molecule has 116 valence electrons. The third-order valence-electron chi connectivity index (χ3n) is 3.87. The first-order valence-electron chi connectivity index (χ1n) is 7.43. The monoisotopic (exact) mass is 309 g/mol. The van der Waals surface area contributed by atoms with Crippen molar-refractivity contribution in [1.29, 1.82) is 0 Å². The molecule has 6 heteroatoms. The number of amides is 2. The maximum absolute atomic E-state index is 12.5. The fourth-order valence-electron chi connectivity index (χ4n) is 2.46. The van der Waals surface area contributed by atoms with Crippen LogP contribution in [0.5, 0.6) is 0 Å². The van der Waals surface area contributed by atoms with Crippen molar-refractivity contribution in [2.45, 2.75) is 38.3 Å². The molecule has 1 fully saturated rings. The number of rotatable bonds is 5. The van der Waals surface area contributed by atoms with Gasteiger partial charge in [0.2, 0.25) is 5.91 Å². The van der Waals surface area contributed by atoms with E-state index < -0.39 is 0 Å². The zero-order valence-electron chi connectivity index (χ0n) is 12.6. The quantitative estimate of drug-likeness (QED) is 0.866. The molecule has 2 N–H and O–H groups in total. The van der Waals surface area contributed by atoms with Gasteiger partial charge < -0.3 is 15.5 Å². The summed E-state index contributed by atoms with van der Waals surface area (Å²) in [7, 11) is 1.87. The van der Waals surface area contributed by atoms with Crippen molar-refractivity contribution in [3.8, 4) is 0 Å². The summed E-state index contributed by atoms with van der Waals surface area (Å²) in [6.07, 6.45) is 2.71. The number of hydrogen-bond acceptors (Lipinski definition) is 4. The van der Waals surface area contributed by atoms with Gasteiger partial charge in [-0.3, -0.25) is 9.59 Å². The second kappa shape index (κ2) is 7.56. The van der Waals surface area contributed by atoms with E-state index in [1.165, 1.54) is 11.3 Å². The minimum absolute atomic E-state index is 0.0217. The Kier molecular flexibility index (Phi) is 5.76. The highest BCUT2D eigenvalue weighted by Gasteiger charge is 2.32. The van der Waals surface area contributed by atoms with E-state index in [2.05, 4.69) is 10.6 Å². The predicted octanol–water partition coefficient (Wildman–Crippen LogP) is 1.47.